The second-order valence-corrected chi connectivity index (χ2v) is 7.06. The Morgan fingerprint density at radius 2 is 2.10 bits per heavy atom. The van der Waals surface area contributed by atoms with E-state index < -0.39 is 12.1 Å². The Labute approximate surface area is 176 Å². The van der Waals surface area contributed by atoms with Crippen molar-refractivity contribution < 1.29 is 18.3 Å². The summed E-state index contributed by atoms with van der Waals surface area (Å²) in [6.07, 6.45) is 2.28. The highest BCUT2D eigenvalue weighted by atomic mass is 19.3. The van der Waals surface area contributed by atoms with Crippen LogP contribution in [0.1, 0.15) is 50.3 Å². The van der Waals surface area contributed by atoms with Crippen LogP contribution in [0.5, 0.6) is 0 Å². The van der Waals surface area contributed by atoms with E-state index in [4.69, 9.17) is 10.00 Å². The van der Waals surface area contributed by atoms with Gasteiger partial charge in [0, 0.05) is 30.1 Å². The second-order valence-electron chi connectivity index (χ2n) is 7.06. The number of esters is 1. The Morgan fingerprint density at radius 1 is 1.32 bits per heavy atom. The van der Waals surface area contributed by atoms with Crippen molar-refractivity contribution in [2.24, 2.45) is 0 Å². The number of benzene rings is 1. The highest BCUT2D eigenvalue weighted by Crippen LogP contribution is 2.26. The number of aromatic nitrogens is 4. The van der Waals surface area contributed by atoms with Crippen molar-refractivity contribution in [3.05, 3.63) is 69.8 Å². The van der Waals surface area contributed by atoms with Crippen LogP contribution in [0.25, 0.3) is 5.95 Å². The number of hydrogen-bond donors (Lipinski definition) is 1. The maximum absolute atomic E-state index is 12.9. The molecule has 1 N–H and O–H groups in total. The van der Waals surface area contributed by atoms with Crippen LogP contribution in [0, 0.1) is 18.3 Å². The molecule has 0 amide bonds. The molecule has 31 heavy (non-hydrogen) atoms. The lowest BCUT2D eigenvalue weighted by atomic mass is 9.97. The Hall–Kier alpha value is -3.71. The van der Waals surface area contributed by atoms with E-state index in [1.54, 1.807) is 18.5 Å². The number of nitriles is 1. The Morgan fingerprint density at radius 3 is 2.77 bits per heavy atom. The first-order chi connectivity index (χ1) is 15.0. The van der Waals surface area contributed by atoms with Gasteiger partial charge in [0.15, 0.2) is 0 Å². The number of rotatable bonds is 7. The molecule has 10 heteroatoms. The van der Waals surface area contributed by atoms with E-state index in [1.165, 1.54) is 6.20 Å². The third-order valence-corrected chi connectivity index (χ3v) is 5.14. The van der Waals surface area contributed by atoms with E-state index in [0.29, 0.717) is 25.3 Å². The lowest BCUT2D eigenvalue weighted by Gasteiger charge is -2.10. The predicted molar refractivity (Wildman–Crippen MR) is 105 cm³/mol. The first-order valence-electron chi connectivity index (χ1n) is 9.56. The standard InChI is InChI=1S/C21H18F2N6O2/c1-12-14(2-3-16-17(12)11-31-20(16)30)4-5-25-7-13-8-26-21(27-9-13)29-10-15(6-24)18(28-29)19(22)23/h2-3,8-10,19,25H,4-5,7,11H2,1H3. The van der Waals surface area contributed by atoms with Gasteiger partial charge in [0.1, 0.15) is 18.4 Å². The monoisotopic (exact) mass is 424 g/mol. The number of hydrogen-bond acceptors (Lipinski definition) is 7. The van der Waals surface area contributed by atoms with Crippen molar-refractivity contribution in [1.29, 1.82) is 5.26 Å². The Bertz CT molecular complexity index is 1170. The largest absolute Gasteiger partial charge is 0.457 e. The summed E-state index contributed by atoms with van der Waals surface area (Å²) in [7, 11) is 0. The molecule has 1 aromatic carbocycles. The summed E-state index contributed by atoms with van der Waals surface area (Å²) < 4.78 is 32.0. The smallest absolute Gasteiger partial charge is 0.338 e. The molecule has 158 valence electrons. The fourth-order valence-corrected chi connectivity index (χ4v) is 3.42. The van der Waals surface area contributed by atoms with Gasteiger partial charge >= 0.3 is 5.97 Å². The molecule has 1 aliphatic rings. The highest BCUT2D eigenvalue weighted by molar-refractivity contribution is 5.93. The Balaban J connectivity index is 1.34. The van der Waals surface area contributed by atoms with Crippen LogP contribution in [-0.2, 0) is 24.3 Å². The van der Waals surface area contributed by atoms with Gasteiger partial charge in [0.05, 0.1) is 17.3 Å². The van der Waals surface area contributed by atoms with Gasteiger partial charge < -0.3 is 10.1 Å². The van der Waals surface area contributed by atoms with E-state index in [-0.39, 0.29) is 17.5 Å². The molecule has 0 unspecified atom stereocenters. The number of nitrogens with one attached hydrogen (secondary N) is 1. The van der Waals surface area contributed by atoms with Crippen molar-refractivity contribution in [2.45, 2.75) is 32.9 Å². The molecule has 0 bridgehead atoms. The normalized spacial score (nSPS) is 12.7. The maximum Gasteiger partial charge on any atom is 0.338 e. The van der Waals surface area contributed by atoms with Crippen LogP contribution in [-0.4, -0.2) is 32.3 Å². The average molecular weight is 424 g/mol. The summed E-state index contributed by atoms with van der Waals surface area (Å²) in [5, 5.41) is 16.0. The van der Waals surface area contributed by atoms with Gasteiger partial charge in [0.2, 0.25) is 5.95 Å². The molecule has 0 saturated carbocycles. The van der Waals surface area contributed by atoms with Crippen LogP contribution in [0.2, 0.25) is 0 Å². The van der Waals surface area contributed by atoms with E-state index in [2.05, 4.69) is 20.4 Å². The van der Waals surface area contributed by atoms with Crippen LogP contribution in [0.15, 0.2) is 30.7 Å². The van der Waals surface area contributed by atoms with Crippen LogP contribution >= 0.6 is 0 Å². The number of ether oxygens (including phenoxy) is 1. The van der Waals surface area contributed by atoms with E-state index in [1.807, 2.05) is 19.1 Å². The SMILES string of the molecule is Cc1c(CCNCc2cnc(-n3cc(C#N)c(C(F)F)n3)nc2)ccc2c1COC2=O. The maximum atomic E-state index is 12.9. The van der Waals surface area contributed by atoms with Gasteiger partial charge in [-0.15, -0.1) is 0 Å². The van der Waals surface area contributed by atoms with Gasteiger partial charge in [-0.3, -0.25) is 0 Å². The zero-order valence-electron chi connectivity index (χ0n) is 16.6. The molecule has 0 radical (unpaired) electrons. The van der Waals surface area contributed by atoms with E-state index >= 15 is 0 Å². The first kappa shape index (κ1) is 20.6. The zero-order valence-corrected chi connectivity index (χ0v) is 16.6. The quantitative estimate of drug-likeness (QED) is 0.459. The molecular formula is C21H18F2N6O2. The van der Waals surface area contributed by atoms with Gasteiger partial charge in [0.25, 0.3) is 6.43 Å². The highest BCUT2D eigenvalue weighted by Gasteiger charge is 2.23. The molecule has 0 spiro atoms. The van der Waals surface area contributed by atoms with Gasteiger partial charge in [-0.1, -0.05) is 6.07 Å². The average Bonchev–Trinajstić information content (AvgIpc) is 3.37. The summed E-state index contributed by atoms with van der Waals surface area (Å²) in [6.45, 7) is 3.56. The third-order valence-electron chi connectivity index (χ3n) is 5.14. The van der Waals surface area contributed by atoms with Crippen molar-refractivity contribution >= 4 is 5.97 Å². The molecule has 0 aliphatic carbocycles. The topological polar surface area (TPSA) is 106 Å². The summed E-state index contributed by atoms with van der Waals surface area (Å²) in [4.78, 5) is 19.9. The summed E-state index contributed by atoms with van der Waals surface area (Å²) in [5.74, 6) is -0.159. The number of nitrogens with zero attached hydrogens (tertiary/aromatic N) is 5. The lowest BCUT2D eigenvalue weighted by Crippen LogP contribution is -2.18. The van der Waals surface area contributed by atoms with Crippen molar-refractivity contribution in [3.63, 3.8) is 0 Å². The molecule has 8 nitrogen and oxygen atoms in total. The number of carbonyl (C=O) groups is 1. The van der Waals surface area contributed by atoms with Crippen LogP contribution in [0.3, 0.4) is 0 Å². The number of halogens is 2. The fraction of sp³-hybridized carbons (Fsp3) is 0.286. The Kier molecular flexibility index (Phi) is 5.68. The zero-order chi connectivity index (χ0) is 22.0. The lowest BCUT2D eigenvalue weighted by molar-refractivity contribution is 0.0535. The molecule has 1 aliphatic heterocycles. The molecule has 4 rings (SSSR count). The van der Waals surface area contributed by atoms with Crippen molar-refractivity contribution in [2.75, 3.05) is 6.54 Å². The molecule has 0 atom stereocenters. The van der Waals surface area contributed by atoms with Crippen molar-refractivity contribution in [1.82, 2.24) is 25.1 Å². The summed E-state index contributed by atoms with van der Waals surface area (Å²) in [6, 6.07) is 5.46. The molecule has 2 aromatic heterocycles. The molecule has 0 fully saturated rings. The van der Waals surface area contributed by atoms with E-state index in [9.17, 15) is 13.6 Å². The number of cyclic esters (lactones) is 1. The first-order valence-corrected chi connectivity index (χ1v) is 9.56. The van der Waals surface area contributed by atoms with Gasteiger partial charge in [-0.25, -0.2) is 28.2 Å². The van der Waals surface area contributed by atoms with Gasteiger partial charge in [-0.2, -0.15) is 10.4 Å². The number of carbonyl (C=O) groups excluding carboxylic acids is 1. The van der Waals surface area contributed by atoms with Crippen molar-refractivity contribution in [3.8, 4) is 12.0 Å². The fourth-order valence-electron chi connectivity index (χ4n) is 3.42. The second kappa shape index (κ2) is 8.57. The molecule has 3 heterocycles. The predicted octanol–water partition coefficient (Wildman–Crippen LogP) is 2.78. The van der Waals surface area contributed by atoms with Gasteiger partial charge in [-0.05, 0) is 37.1 Å². The third kappa shape index (κ3) is 4.13. The van der Waals surface area contributed by atoms with Crippen LogP contribution in [0.4, 0.5) is 8.78 Å². The molecule has 0 saturated heterocycles. The minimum absolute atomic E-state index is 0.109. The molecular weight excluding hydrogens is 406 g/mol. The number of fused-ring (bicyclic) bond motifs is 1. The minimum Gasteiger partial charge on any atom is -0.457 e. The minimum atomic E-state index is -2.85. The number of alkyl halides is 2. The summed E-state index contributed by atoms with van der Waals surface area (Å²) >= 11 is 0. The molecule has 3 aromatic rings. The van der Waals surface area contributed by atoms with E-state index in [0.717, 1.165) is 33.4 Å². The summed E-state index contributed by atoms with van der Waals surface area (Å²) in [5.41, 5.74) is 3.85. The van der Waals surface area contributed by atoms with Crippen LogP contribution < -0.4 is 5.32 Å².